The maximum absolute atomic E-state index is 12.1. The fraction of sp³-hybridized carbons (Fsp3) is 0.250. The summed E-state index contributed by atoms with van der Waals surface area (Å²) in [6, 6.07) is 11.9. The topological polar surface area (TPSA) is 68.0 Å². The van der Waals surface area contributed by atoms with E-state index in [1.807, 2.05) is 57.2 Å². The summed E-state index contributed by atoms with van der Waals surface area (Å²) < 4.78 is 5.66. The molecule has 0 unspecified atom stereocenters. The predicted molar refractivity (Wildman–Crippen MR) is 104 cm³/mol. The Bertz CT molecular complexity index is 950. The van der Waals surface area contributed by atoms with E-state index in [9.17, 15) is 4.79 Å². The van der Waals surface area contributed by atoms with Crippen LogP contribution in [0.25, 0.3) is 11.5 Å². The van der Waals surface area contributed by atoms with Gasteiger partial charge in [-0.2, -0.15) is 0 Å². The summed E-state index contributed by atoms with van der Waals surface area (Å²) in [5.41, 5.74) is 6.40. The zero-order chi connectivity index (χ0) is 18.7. The molecule has 0 radical (unpaired) electrons. The number of benzene rings is 2. The van der Waals surface area contributed by atoms with Crippen LogP contribution in [0.3, 0.4) is 0 Å². The van der Waals surface area contributed by atoms with Crippen molar-refractivity contribution in [1.29, 1.82) is 0 Å². The fourth-order valence-electron chi connectivity index (χ4n) is 2.40. The molecule has 1 heterocycles. The third kappa shape index (κ3) is 4.32. The molecule has 134 valence electrons. The number of hydrogen-bond acceptors (Lipinski definition) is 5. The highest BCUT2D eigenvalue weighted by molar-refractivity contribution is 7.99. The van der Waals surface area contributed by atoms with Gasteiger partial charge >= 0.3 is 0 Å². The number of amides is 1. The second-order valence-corrected chi connectivity index (χ2v) is 7.23. The maximum Gasteiger partial charge on any atom is 0.277 e. The third-order valence-corrected chi connectivity index (χ3v) is 5.10. The molecular formula is C20H21N3O2S. The van der Waals surface area contributed by atoms with Crippen LogP contribution in [0.1, 0.15) is 22.3 Å². The van der Waals surface area contributed by atoms with E-state index in [-0.39, 0.29) is 11.7 Å². The Morgan fingerprint density at radius 2 is 1.65 bits per heavy atom. The van der Waals surface area contributed by atoms with E-state index in [0.29, 0.717) is 11.1 Å². The zero-order valence-corrected chi connectivity index (χ0v) is 16.1. The van der Waals surface area contributed by atoms with Gasteiger partial charge in [0.05, 0.1) is 5.75 Å². The lowest BCUT2D eigenvalue weighted by Crippen LogP contribution is -2.14. The highest BCUT2D eigenvalue weighted by Gasteiger charge is 2.12. The summed E-state index contributed by atoms with van der Waals surface area (Å²) in [5, 5.41) is 11.4. The van der Waals surface area contributed by atoms with Crippen molar-refractivity contribution in [2.75, 3.05) is 11.1 Å². The van der Waals surface area contributed by atoms with Crippen molar-refractivity contribution < 1.29 is 9.21 Å². The number of anilines is 1. The molecule has 0 saturated heterocycles. The molecule has 1 aromatic heterocycles. The fourth-order valence-corrected chi connectivity index (χ4v) is 2.97. The van der Waals surface area contributed by atoms with Crippen LogP contribution in [0.5, 0.6) is 0 Å². The lowest BCUT2D eigenvalue weighted by Gasteiger charge is -2.06. The quantitative estimate of drug-likeness (QED) is 0.662. The number of nitrogens with one attached hydrogen (secondary N) is 1. The number of thioether (sulfide) groups is 1. The van der Waals surface area contributed by atoms with E-state index in [1.165, 1.54) is 28.5 Å². The zero-order valence-electron chi connectivity index (χ0n) is 15.3. The molecule has 5 nitrogen and oxygen atoms in total. The van der Waals surface area contributed by atoms with Crippen molar-refractivity contribution in [3.63, 3.8) is 0 Å². The van der Waals surface area contributed by atoms with Crippen molar-refractivity contribution in [2.24, 2.45) is 0 Å². The molecule has 2 aromatic carbocycles. The Hall–Kier alpha value is -2.60. The minimum Gasteiger partial charge on any atom is -0.411 e. The summed E-state index contributed by atoms with van der Waals surface area (Å²) in [4.78, 5) is 12.1. The molecule has 0 spiro atoms. The Balaban J connectivity index is 1.59. The molecule has 0 aliphatic carbocycles. The number of carbonyl (C=O) groups excluding carboxylic acids is 1. The summed E-state index contributed by atoms with van der Waals surface area (Å²) in [7, 11) is 0. The van der Waals surface area contributed by atoms with Crippen LogP contribution in [0, 0.1) is 27.7 Å². The van der Waals surface area contributed by atoms with E-state index in [1.54, 1.807) is 0 Å². The maximum atomic E-state index is 12.1. The summed E-state index contributed by atoms with van der Waals surface area (Å²) in [5.74, 6) is 0.566. The molecule has 0 fully saturated rings. The first-order valence-electron chi connectivity index (χ1n) is 8.33. The summed E-state index contributed by atoms with van der Waals surface area (Å²) in [6.45, 7) is 8.16. The highest BCUT2D eigenvalue weighted by atomic mass is 32.2. The molecule has 0 aliphatic heterocycles. The second-order valence-electron chi connectivity index (χ2n) is 6.31. The monoisotopic (exact) mass is 367 g/mol. The number of aromatic nitrogens is 2. The molecule has 3 rings (SSSR count). The van der Waals surface area contributed by atoms with Gasteiger partial charge < -0.3 is 9.73 Å². The van der Waals surface area contributed by atoms with Gasteiger partial charge in [-0.1, -0.05) is 23.9 Å². The Morgan fingerprint density at radius 1 is 0.962 bits per heavy atom. The lowest BCUT2D eigenvalue weighted by molar-refractivity contribution is -0.113. The average Bonchev–Trinajstić information content (AvgIpc) is 3.08. The average molecular weight is 367 g/mol. The van der Waals surface area contributed by atoms with Crippen LogP contribution < -0.4 is 5.32 Å². The van der Waals surface area contributed by atoms with Crippen molar-refractivity contribution in [2.45, 2.75) is 32.9 Å². The van der Waals surface area contributed by atoms with Crippen LogP contribution >= 0.6 is 11.8 Å². The smallest absolute Gasteiger partial charge is 0.277 e. The summed E-state index contributed by atoms with van der Waals surface area (Å²) >= 11 is 1.23. The molecule has 6 heteroatoms. The molecule has 1 amide bonds. The number of hydrogen-bond donors (Lipinski definition) is 1. The standard InChI is InChI=1S/C20H21N3O2S/c1-12-5-7-16(9-14(12)3)19-22-23-20(25-19)26-11-18(24)21-17-8-6-13(2)15(4)10-17/h5-10H,11H2,1-4H3,(H,21,24). The predicted octanol–water partition coefficient (Wildman–Crippen LogP) is 4.70. The van der Waals surface area contributed by atoms with Gasteiger partial charge in [0.15, 0.2) is 0 Å². The molecule has 1 N–H and O–H groups in total. The molecule has 26 heavy (non-hydrogen) atoms. The van der Waals surface area contributed by atoms with Gasteiger partial charge in [-0.25, -0.2) is 0 Å². The number of carbonyl (C=O) groups is 1. The van der Waals surface area contributed by atoms with Crippen LogP contribution in [-0.4, -0.2) is 21.9 Å². The van der Waals surface area contributed by atoms with Gasteiger partial charge in [0.25, 0.3) is 5.22 Å². The normalized spacial score (nSPS) is 10.8. The van der Waals surface area contributed by atoms with Gasteiger partial charge in [-0.15, -0.1) is 10.2 Å². The Kier molecular flexibility index (Phi) is 5.42. The lowest BCUT2D eigenvalue weighted by atomic mass is 10.1. The number of nitrogens with zero attached hydrogens (tertiary/aromatic N) is 2. The van der Waals surface area contributed by atoms with E-state index in [0.717, 1.165) is 16.8 Å². The molecule has 3 aromatic rings. The van der Waals surface area contributed by atoms with E-state index in [4.69, 9.17) is 4.42 Å². The molecule has 0 atom stereocenters. The van der Waals surface area contributed by atoms with Gasteiger partial charge in [-0.05, 0) is 74.2 Å². The first-order valence-corrected chi connectivity index (χ1v) is 9.32. The Labute approximate surface area is 157 Å². The van der Waals surface area contributed by atoms with Crippen molar-refractivity contribution in [3.05, 3.63) is 58.7 Å². The minimum absolute atomic E-state index is 0.107. The number of aryl methyl sites for hydroxylation is 4. The first-order chi connectivity index (χ1) is 12.4. The van der Waals surface area contributed by atoms with Crippen LogP contribution in [-0.2, 0) is 4.79 Å². The molecule has 0 bridgehead atoms. The second kappa shape index (κ2) is 7.74. The molecule has 0 aliphatic rings. The van der Waals surface area contributed by atoms with Gasteiger partial charge in [0, 0.05) is 11.3 Å². The van der Waals surface area contributed by atoms with E-state index < -0.39 is 0 Å². The highest BCUT2D eigenvalue weighted by Crippen LogP contribution is 2.25. The SMILES string of the molecule is Cc1ccc(NC(=O)CSc2nnc(-c3ccc(C)c(C)c3)o2)cc1C. The van der Waals surface area contributed by atoms with Crippen LogP contribution in [0.15, 0.2) is 46.0 Å². The van der Waals surface area contributed by atoms with Crippen LogP contribution in [0.2, 0.25) is 0 Å². The molecular weight excluding hydrogens is 346 g/mol. The van der Waals surface area contributed by atoms with E-state index in [2.05, 4.69) is 22.4 Å². The third-order valence-electron chi connectivity index (χ3n) is 4.28. The Morgan fingerprint density at radius 3 is 2.35 bits per heavy atom. The number of rotatable bonds is 5. The van der Waals surface area contributed by atoms with Gasteiger partial charge in [0.1, 0.15) is 0 Å². The minimum atomic E-state index is -0.107. The van der Waals surface area contributed by atoms with Crippen molar-refractivity contribution in [1.82, 2.24) is 10.2 Å². The van der Waals surface area contributed by atoms with Gasteiger partial charge in [0.2, 0.25) is 11.8 Å². The van der Waals surface area contributed by atoms with Crippen molar-refractivity contribution >= 4 is 23.4 Å². The van der Waals surface area contributed by atoms with Crippen LogP contribution in [0.4, 0.5) is 5.69 Å². The summed E-state index contributed by atoms with van der Waals surface area (Å²) in [6.07, 6.45) is 0. The first kappa shape index (κ1) is 18.2. The molecule has 0 saturated carbocycles. The van der Waals surface area contributed by atoms with Crippen molar-refractivity contribution in [3.8, 4) is 11.5 Å². The van der Waals surface area contributed by atoms with Gasteiger partial charge in [-0.3, -0.25) is 4.79 Å². The largest absolute Gasteiger partial charge is 0.411 e. The van der Waals surface area contributed by atoms with E-state index >= 15 is 0 Å².